The van der Waals surface area contributed by atoms with Crippen molar-refractivity contribution in [3.05, 3.63) is 41.4 Å². The van der Waals surface area contributed by atoms with Crippen LogP contribution in [0.5, 0.6) is 0 Å². The highest BCUT2D eigenvalue weighted by molar-refractivity contribution is 7.15. The van der Waals surface area contributed by atoms with Gasteiger partial charge in [-0.3, -0.25) is 20.4 Å². The molecule has 0 aliphatic carbocycles. The van der Waals surface area contributed by atoms with Gasteiger partial charge in [0.25, 0.3) is 0 Å². The van der Waals surface area contributed by atoms with Crippen LogP contribution in [0.1, 0.15) is 17.3 Å². The number of nitrogens with two attached hydrogens (primary N) is 1. The average Bonchev–Trinajstić information content (AvgIpc) is 3.00. The maximum Gasteiger partial charge on any atom is 0.193 e. The van der Waals surface area contributed by atoms with E-state index in [9.17, 15) is 0 Å². The summed E-state index contributed by atoms with van der Waals surface area (Å²) in [4.78, 5) is 5.56. The van der Waals surface area contributed by atoms with Gasteiger partial charge in [-0.05, 0) is 0 Å². The van der Waals surface area contributed by atoms with E-state index in [4.69, 9.17) is 5.84 Å². The van der Waals surface area contributed by atoms with Crippen LogP contribution in [0.25, 0.3) is 4.96 Å². The zero-order valence-corrected chi connectivity index (χ0v) is 10.8. The molecule has 7 heteroatoms. The Kier molecular flexibility index (Phi) is 2.86. The van der Waals surface area contributed by atoms with Crippen molar-refractivity contribution in [1.82, 2.24) is 24.6 Å². The smallest absolute Gasteiger partial charge is 0.193 e. The fourth-order valence-electron chi connectivity index (χ4n) is 1.98. The highest BCUT2D eigenvalue weighted by Crippen LogP contribution is 2.18. The van der Waals surface area contributed by atoms with Crippen molar-refractivity contribution in [1.29, 1.82) is 0 Å². The molecule has 0 aromatic carbocycles. The summed E-state index contributed by atoms with van der Waals surface area (Å²) in [5.41, 5.74) is 4.91. The second-order valence-corrected chi connectivity index (χ2v) is 5.07. The van der Waals surface area contributed by atoms with Crippen molar-refractivity contribution in [2.45, 2.75) is 12.5 Å². The lowest BCUT2D eigenvalue weighted by Gasteiger charge is -2.11. The molecule has 94 valence electrons. The Balaban J connectivity index is 1.83. The Hall–Kier alpha value is -1.70. The predicted molar refractivity (Wildman–Crippen MR) is 70.0 cm³/mol. The molecule has 0 saturated carbocycles. The maximum absolute atomic E-state index is 5.61. The van der Waals surface area contributed by atoms with Crippen LogP contribution in [0.3, 0.4) is 0 Å². The molecule has 0 aliphatic heterocycles. The molecular formula is C11H14N6S. The quantitative estimate of drug-likeness (QED) is 0.540. The van der Waals surface area contributed by atoms with Crippen LogP contribution in [0.2, 0.25) is 0 Å². The van der Waals surface area contributed by atoms with Crippen molar-refractivity contribution < 1.29 is 0 Å². The minimum absolute atomic E-state index is 0.0308. The van der Waals surface area contributed by atoms with E-state index in [2.05, 4.69) is 15.5 Å². The third kappa shape index (κ3) is 2.03. The molecule has 3 aromatic heterocycles. The van der Waals surface area contributed by atoms with Gasteiger partial charge in [-0.2, -0.15) is 5.10 Å². The zero-order chi connectivity index (χ0) is 12.5. The van der Waals surface area contributed by atoms with E-state index in [-0.39, 0.29) is 6.04 Å². The summed E-state index contributed by atoms with van der Waals surface area (Å²) < 4.78 is 3.79. The van der Waals surface area contributed by atoms with Crippen LogP contribution in [-0.4, -0.2) is 19.2 Å². The Morgan fingerprint density at radius 1 is 1.50 bits per heavy atom. The van der Waals surface area contributed by atoms with Gasteiger partial charge in [-0.15, -0.1) is 11.3 Å². The number of rotatable bonds is 4. The number of aryl methyl sites for hydroxylation is 1. The molecule has 1 unspecified atom stereocenters. The Labute approximate surface area is 108 Å². The first-order valence-electron chi connectivity index (χ1n) is 5.62. The molecule has 0 bridgehead atoms. The van der Waals surface area contributed by atoms with E-state index in [1.165, 1.54) is 0 Å². The number of hydrogen-bond acceptors (Lipinski definition) is 5. The molecule has 0 amide bonds. The van der Waals surface area contributed by atoms with Crippen LogP contribution >= 0.6 is 11.3 Å². The SMILES string of the molecule is Cn1cc(C(Cc2cn3ccsc3n2)NN)cn1. The molecule has 0 aliphatic rings. The van der Waals surface area contributed by atoms with E-state index in [1.54, 1.807) is 16.0 Å². The Morgan fingerprint density at radius 2 is 2.39 bits per heavy atom. The van der Waals surface area contributed by atoms with Crippen LogP contribution < -0.4 is 11.3 Å². The maximum atomic E-state index is 5.61. The lowest BCUT2D eigenvalue weighted by atomic mass is 10.1. The number of nitrogens with one attached hydrogen (secondary N) is 1. The molecule has 0 radical (unpaired) electrons. The third-order valence-electron chi connectivity index (χ3n) is 2.88. The molecule has 0 saturated heterocycles. The monoisotopic (exact) mass is 262 g/mol. The first-order valence-corrected chi connectivity index (χ1v) is 6.50. The van der Waals surface area contributed by atoms with Crippen LogP contribution in [0, 0.1) is 0 Å². The van der Waals surface area contributed by atoms with Crippen molar-refractivity contribution in [2.24, 2.45) is 12.9 Å². The highest BCUT2D eigenvalue weighted by Gasteiger charge is 2.14. The van der Waals surface area contributed by atoms with Gasteiger partial charge in [0.05, 0.1) is 17.9 Å². The van der Waals surface area contributed by atoms with E-state index >= 15 is 0 Å². The zero-order valence-electron chi connectivity index (χ0n) is 9.95. The van der Waals surface area contributed by atoms with Gasteiger partial charge >= 0.3 is 0 Å². The van der Waals surface area contributed by atoms with E-state index in [0.717, 1.165) is 22.6 Å². The lowest BCUT2D eigenvalue weighted by Crippen LogP contribution is -2.29. The largest absolute Gasteiger partial charge is 0.297 e. The lowest BCUT2D eigenvalue weighted by molar-refractivity contribution is 0.546. The molecule has 3 heterocycles. The molecule has 3 rings (SSSR count). The van der Waals surface area contributed by atoms with Gasteiger partial charge in [0, 0.05) is 43.0 Å². The summed E-state index contributed by atoms with van der Waals surface area (Å²) in [7, 11) is 1.89. The van der Waals surface area contributed by atoms with Crippen molar-refractivity contribution in [2.75, 3.05) is 0 Å². The fourth-order valence-corrected chi connectivity index (χ4v) is 2.70. The number of nitrogens with zero attached hydrogens (tertiary/aromatic N) is 4. The van der Waals surface area contributed by atoms with Crippen molar-refractivity contribution in [3.63, 3.8) is 0 Å². The third-order valence-corrected chi connectivity index (χ3v) is 3.66. The molecule has 18 heavy (non-hydrogen) atoms. The van der Waals surface area contributed by atoms with Gasteiger partial charge in [0.15, 0.2) is 4.96 Å². The first kappa shape index (κ1) is 11.4. The number of fused-ring (bicyclic) bond motifs is 1. The van der Waals surface area contributed by atoms with Gasteiger partial charge in [0.2, 0.25) is 0 Å². The van der Waals surface area contributed by atoms with Gasteiger partial charge in [-0.25, -0.2) is 4.98 Å². The topological polar surface area (TPSA) is 73.2 Å². The van der Waals surface area contributed by atoms with E-state index in [0.29, 0.717) is 0 Å². The fraction of sp³-hybridized carbons (Fsp3) is 0.273. The standard InChI is InChI=1S/C11H14N6S/c1-16-6-8(5-13-16)10(15-12)4-9-7-17-2-3-18-11(17)14-9/h2-3,5-7,10,15H,4,12H2,1H3. The molecule has 6 nitrogen and oxygen atoms in total. The predicted octanol–water partition coefficient (Wildman–Crippen LogP) is 0.876. The van der Waals surface area contributed by atoms with Gasteiger partial charge in [-0.1, -0.05) is 0 Å². The van der Waals surface area contributed by atoms with Crippen molar-refractivity contribution >= 4 is 16.3 Å². The minimum atomic E-state index is 0.0308. The second kappa shape index (κ2) is 4.52. The van der Waals surface area contributed by atoms with Crippen LogP contribution in [0.15, 0.2) is 30.2 Å². The average molecular weight is 262 g/mol. The summed E-state index contributed by atoms with van der Waals surface area (Å²) in [6.45, 7) is 0. The number of hydrogen-bond donors (Lipinski definition) is 2. The number of thiazole rings is 1. The molecule has 3 aromatic rings. The van der Waals surface area contributed by atoms with Gasteiger partial charge < -0.3 is 0 Å². The summed E-state index contributed by atoms with van der Waals surface area (Å²) in [5.74, 6) is 5.61. The summed E-state index contributed by atoms with van der Waals surface area (Å²) in [6.07, 6.45) is 8.57. The molecule has 1 atom stereocenters. The highest BCUT2D eigenvalue weighted by atomic mass is 32.1. The van der Waals surface area contributed by atoms with E-state index < -0.39 is 0 Å². The minimum Gasteiger partial charge on any atom is -0.297 e. The normalized spacial score (nSPS) is 13.2. The summed E-state index contributed by atoms with van der Waals surface area (Å²) in [6, 6.07) is 0.0308. The van der Waals surface area contributed by atoms with Crippen LogP contribution in [0.4, 0.5) is 0 Å². The van der Waals surface area contributed by atoms with Crippen LogP contribution in [-0.2, 0) is 13.5 Å². The van der Waals surface area contributed by atoms with Crippen molar-refractivity contribution in [3.8, 4) is 0 Å². The Bertz CT molecular complexity index is 623. The summed E-state index contributed by atoms with van der Waals surface area (Å²) >= 11 is 1.63. The van der Waals surface area contributed by atoms with E-state index in [1.807, 2.05) is 41.6 Å². The number of aromatic nitrogens is 4. The Morgan fingerprint density at radius 3 is 3.06 bits per heavy atom. The van der Waals surface area contributed by atoms with Gasteiger partial charge in [0.1, 0.15) is 0 Å². The number of imidazole rings is 1. The summed E-state index contributed by atoms with van der Waals surface area (Å²) in [5, 5.41) is 6.18. The second-order valence-electron chi connectivity index (χ2n) is 4.20. The first-order chi connectivity index (χ1) is 8.76. The molecule has 0 fully saturated rings. The molecular weight excluding hydrogens is 248 g/mol. The molecule has 0 spiro atoms. The number of hydrazine groups is 1. The molecule has 3 N–H and O–H groups in total.